The van der Waals surface area contributed by atoms with Crippen LogP contribution in [0.5, 0.6) is 0 Å². The molecule has 1 unspecified atom stereocenters. The summed E-state index contributed by atoms with van der Waals surface area (Å²) in [5.41, 5.74) is -2.83. The molecule has 46 heavy (non-hydrogen) atoms. The third-order valence-electron chi connectivity index (χ3n) is 15.3. The van der Waals surface area contributed by atoms with Gasteiger partial charge in [-0.15, -0.1) is 0 Å². The summed E-state index contributed by atoms with van der Waals surface area (Å²) in [4.78, 5) is 0. The first kappa shape index (κ1) is 35.4. The van der Waals surface area contributed by atoms with Crippen LogP contribution in [0.4, 0.5) is 0 Å². The number of aliphatic hydroxyl groups is 7. The smallest absolute Gasteiger partial charge is 0.186 e. The minimum atomic E-state index is -1.54. The second kappa shape index (κ2) is 11.3. The SMILES string of the molecule is CC(C)(O)[C@@H]1CC[C@@](C)(C2CC[C@]3(C)[C@@H]2[C@H](O)C[C@@H]2[C@@]4(C)CC[C@H](O)C(C)(C)[C@@H]4[C@@H](O[C@@H]4O[C@H](CO)[C@@H](O)[C@H](O)[C@H]4O)C[C@]23C)O1. The first-order valence-electron chi connectivity index (χ1n) is 17.9. The maximum atomic E-state index is 12.2. The summed E-state index contributed by atoms with van der Waals surface area (Å²) in [6, 6.07) is 0. The summed E-state index contributed by atoms with van der Waals surface area (Å²) < 4.78 is 19.4. The molecule has 266 valence electrons. The Balaban J connectivity index is 1.38. The number of fused-ring (bicyclic) bond motifs is 5. The van der Waals surface area contributed by atoms with Crippen molar-refractivity contribution in [1.29, 1.82) is 0 Å². The van der Waals surface area contributed by atoms with E-state index in [9.17, 15) is 35.7 Å². The number of hydrogen-bond acceptors (Lipinski definition) is 10. The zero-order valence-electron chi connectivity index (χ0n) is 29.2. The maximum Gasteiger partial charge on any atom is 0.186 e. The molecule has 0 radical (unpaired) electrons. The Hall–Kier alpha value is -0.400. The fourth-order valence-corrected chi connectivity index (χ4v) is 12.7. The standard InChI is InChI=1S/C36H62O10/c1-31(2)23(39)10-12-33(5)22-15-19(38)25-18(36(8)14-11-24(46-36)32(3,4)43)9-13-34(25,6)35(22,7)16-20(29(31)33)44-30-28(42)27(41)26(40)21(17-37)45-30/h18-30,37-43H,9-17H2,1-8H3/t18?,19-,20+,21-,22-,23+,24+,25+,26-,27+,28-,29+,30-,33-,34-,35-,36+/m1/s1. The van der Waals surface area contributed by atoms with Gasteiger partial charge in [0.15, 0.2) is 6.29 Å². The second-order valence-corrected chi connectivity index (χ2v) is 18.4. The molecule has 10 nitrogen and oxygen atoms in total. The van der Waals surface area contributed by atoms with Gasteiger partial charge in [0.1, 0.15) is 24.4 Å². The van der Waals surface area contributed by atoms with Crippen molar-refractivity contribution in [1.82, 2.24) is 0 Å². The van der Waals surface area contributed by atoms with Crippen LogP contribution in [-0.4, -0.2) is 109 Å². The second-order valence-electron chi connectivity index (χ2n) is 18.4. The lowest BCUT2D eigenvalue weighted by atomic mass is 9.34. The summed E-state index contributed by atoms with van der Waals surface area (Å²) in [6.07, 6.45) is -2.57. The Kier molecular flexibility index (Phi) is 8.71. The Morgan fingerprint density at radius 3 is 2.11 bits per heavy atom. The largest absolute Gasteiger partial charge is 0.394 e. The van der Waals surface area contributed by atoms with Crippen molar-refractivity contribution in [3.63, 3.8) is 0 Å². The molecule has 0 aromatic carbocycles. The first-order chi connectivity index (χ1) is 21.2. The Morgan fingerprint density at radius 1 is 0.826 bits per heavy atom. The third-order valence-corrected chi connectivity index (χ3v) is 15.3. The number of ether oxygens (including phenoxy) is 3. The summed E-state index contributed by atoms with van der Waals surface area (Å²) in [7, 11) is 0. The highest BCUT2D eigenvalue weighted by atomic mass is 16.7. The highest BCUT2D eigenvalue weighted by Gasteiger charge is 2.74. The van der Waals surface area contributed by atoms with Crippen molar-refractivity contribution in [2.45, 2.75) is 173 Å². The van der Waals surface area contributed by atoms with Crippen LogP contribution in [0.15, 0.2) is 0 Å². The first-order valence-corrected chi connectivity index (χ1v) is 17.9. The van der Waals surface area contributed by atoms with Crippen molar-refractivity contribution >= 4 is 0 Å². The Bertz CT molecular complexity index is 1140. The predicted octanol–water partition coefficient (Wildman–Crippen LogP) is 2.51. The van der Waals surface area contributed by atoms with Crippen LogP contribution in [0.3, 0.4) is 0 Å². The van der Waals surface area contributed by atoms with Crippen molar-refractivity contribution in [3.8, 4) is 0 Å². The van der Waals surface area contributed by atoms with Crippen LogP contribution in [0.1, 0.15) is 107 Å². The van der Waals surface area contributed by atoms with E-state index >= 15 is 0 Å². The van der Waals surface area contributed by atoms with E-state index in [1.807, 2.05) is 0 Å². The summed E-state index contributed by atoms with van der Waals surface area (Å²) in [5.74, 6) is 0.0944. The monoisotopic (exact) mass is 654 g/mol. The van der Waals surface area contributed by atoms with E-state index in [0.717, 1.165) is 32.1 Å². The Labute approximate surface area is 274 Å². The van der Waals surface area contributed by atoms with E-state index in [1.54, 1.807) is 13.8 Å². The predicted molar refractivity (Wildman–Crippen MR) is 169 cm³/mol. The number of rotatable bonds is 5. The minimum Gasteiger partial charge on any atom is -0.394 e. The molecule has 17 atom stereocenters. The average molecular weight is 655 g/mol. The topological polar surface area (TPSA) is 169 Å². The number of aliphatic hydroxyl groups excluding tert-OH is 6. The molecule has 4 saturated carbocycles. The maximum absolute atomic E-state index is 12.2. The molecule has 6 fully saturated rings. The van der Waals surface area contributed by atoms with E-state index in [-0.39, 0.29) is 46.0 Å². The van der Waals surface area contributed by atoms with Gasteiger partial charge in [0.25, 0.3) is 0 Å². The van der Waals surface area contributed by atoms with Gasteiger partial charge in [0.2, 0.25) is 0 Å². The van der Waals surface area contributed by atoms with E-state index in [0.29, 0.717) is 19.3 Å². The van der Waals surface area contributed by atoms with Gasteiger partial charge in [-0.1, -0.05) is 34.6 Å². The van der Waals surface area contributed by atoms with Gasteiger partial charge in [-0.05, 0) is 117 Å². The lowest BCUT2D eigenvalue weighted by molar-refractivity contribution is -0.347. The van der Waals surface area contributed by atoms with Gasteiger partial charge >= 0.3 is 0 Å². The van der Waals surface area contributed by atoms with E-state index in [2.05, 4.69) is 41.5 Å². The highest BCUT2D eigenvalue weighted by molar-refractivity contribution is 5.22. The zero-order chi connectivity index (χ0) is 34.0. The van der Waals surface area contributed by atoms with Crippen LogP contribution in [-0.2, 0) is 14.2 Å². The fraction of sp³-hybridized carbons (Fsp3) is 1.00. The molecular formula is C36H62O10. The molecule has 6 aliphatic rings. The van der Waals surface area contributed by atoms with Crippen LogP contribution >= 0.6 is 0 Å². The lowest BCUT2D eigenvalue weighted by Crippen LogP contribution is -2.71. The lowest BCUT2D eigenvalue weighted by Gasteiger charge is -2.72. The molecule has 0 amide bonds. The van der Waals surface area contributed by atoms with Gasteiger partial charge in [0, 0.05) is 0 Å². The van der Waals surface area contributed by atoms with Gasteiger partial charge in [-0.2, -0.15) is 0 Å². The molecule has 0 spiro atoms. The van der Waals surface area contributed by atoms with Crippen molar-refractivity contribution < 1.29 is 50.0 Å². The normalized spacial score (nSPS) is 57.1. The molecular weight excluding hydrogens is 592 g/mol. The van der Waals surface area contributed by atoms with E-state index < -0.39 is 72.2 Å². The van der Waals surface area contributed by atoms with Crippen molar-refractivity contribution in [3.05, 3.63) is 0 Å². The van der Waals surface area contributed by atoms with Crippen LogP contribution in [0, 0.1) is 45.3 Å². The van der Waals surface area contributed by atoms with Crippen LogP contribution in [0.25, 0.3) is 0 Å². The fourth-order valence-electron chi connectivity index (χ4n) is 12.7. The molecule has 0 bridgehead atoms. The molecule has 2 saturated heterocycles. The molecule has 0 aromatic heterocycles. The number of hydrogen-bond donors (Lipinski definition) is 7. The highest BCUT2D eigenvalue weighted by Crippen LogP contribution is 2.76. The molecule has 7 N–H and O–H groups in total. The summed E-state index contributed by atoms with van der Waals surface area (Å²) in [5, 5.41) is 76.4. The molecule has 2 heterocycles. The van der Waals surface area contributed by atoms with Crippen molar-refractivity contribution in [2.24, 2.45) is 45.3 Å². The van der Waals surface area contributed by atoms with Crippen LogP contribution < -0.4 is 0 Å². The van der Waals surface area contributed by atoms with E-state index in [1.165, 1.54) is 0 Å². The summed E-state index contributed by atoms with van der Waals surface area (Å²) in [6.45, 7) is 16.4. The van der Waals surface area contributed by atoms with Crippen LogP contribution in [0.2, 0.25) is 0 Å². The molecule has 6 rings (SSSR count). The van der Waals surface area contributed by atoms with Gasteiger partial charge in [-0.25, -0.2) is 0 Å². The Morgan fingerprint density at radius 2 is 1.50 bits per heavy atom. The van der Waals surface area contributed by atoms with Crippen molar-refractivity contribution in [2.75, 3.05) is 6.61 Å². The average Bonchev–Trinajstić information content (AvgIpc) is 3.55. The minimum absolute atomic E-state index is 0.0189. The quantitative estimate of drug-likeness (QED) is 0.219. The van der Waals surface area contributed by atoms with Gasteiger partial charge in [0.05, 0.1) is 42.2 Å². The summed E-state index contributed by atoms with van der Waals surface area (Å²) >= 11 is 0. The molecule has 2 aliphatic heterocycles. The zero-order valence-corrected chi connectivity index (χ0v) is 29.2. The molecule has 0 aromatic rings. The third kappa shape index (κ3) is 4.94. The molecule has 10 heteroatoms. The van der Waals surface area contributed by atoms with Gasteiger partial charge < -0.3 is 50.0 Å². The molecule has 4 aliphatic carbocycles. The van der Waals surface area contributed by atoms with Gasteiger partial charge in [-0.3, -0.25) is 0 Å². The van der Waals surface area contributed by atoms with E-state index in [4.69, 9.17) is 14.2 Å².